The molecule has 0 saturated heterocycles. The van der Waals surface area contributed by atoms with Crippen LogP contribution in [0.15, 0.2) is 41.3 Å². The van der Waals surface area contributed by atoms with Gasteiger partial charge in [-0.15, -0.1) is 18.3 Å². The van der Waals surface area contributed by atoms with Gasteiger partial charge in [-0.25, -0.2) is 0 Å². The van der Waals surface area contributed by atoms with Gasteiger partial charge in [0.15, 0.2) is 0 Å². The Kier molecular flexibility index (Phi) is 3.90. The molecule has 13 heavy (non-hydrogen) atoms. The lowest BCUT2D eigenvalue weighted by atomic mass is 10.3. The Morgan fingerprint density at radius 2 is 2.15 bits per heavy atom. The molecule has 0 aromatic heterocycles. The molecule has 0 saturated carbocycles. The highest BCUT2D eigenvalue weighted by molar-refractivity contribution is 7.99. The van der Waals surface area contributed by atoms with Crippen molar-refractivity contribution in [3.05, 3.63) is 36.4 Å². The van der Waals surface area contributed by atoms with Crippen molar-refractivity contribution >= 4 is 17.4 Å². The maximum atomic E-state index is 5.79. The van der Waals surface area contributed by atoms with Gasteiger partial charge in [0.2, 0.25) is 0 Å². The van der Waals surface area contributed by atoms with Crippen molar-refractivity contribution in [3.8, 4) is 0 Å². The fourth-order valence-corrected chi connectivity index (χ4v) is 2.03. The summed E-state index contributed by atoms with van der Waals surface area (Å²) in [5.41, 5.74) is 7.89. The van der Waals surface area contributed by atoms with Crippen LogP contribution in [0.2, 0.25) is 0 Å². The molecule has 2 heteroatoms. The molecule has 0 aliphatic carbocycles. The van der Waals surface area contributed by atoms with E-state index in [0.717, 1.165) is 17.9 Å². The molecular weight excluding hydrogens is 178 g/mol. The molecule has 1 nitrogen and oxygen atoms in total. The van der Waals surface area contributed by atoms with Gasteiger partial charge in [-0.3, -0.25) is 0 Å². The third-order valence-electron chi connectivity index (χ3n) is 1.71. The number of hydrogen-bond acceptors (Lipinski definition) is 2. The maximum absolute atomic E-state index is 5.79. The molecule has 0 heterocycles. The lowest BCUT2D eigenvalue weighted by molar-refractivity contribution is 1.12. The average Bonchev–Trinajstić information content (AvgIpc) is 2.08. The van der Waals surface area contributed by atoms with Crippen LogP contribution in [0.4, 0.5) is 5.69 Å². The quantitative estimate of drug-likeness (QED) is 0.451. The second-order valence-electron chi connectivity index (χ2n) is 3.09. The minimum atomic E-state index is 0.870. The molecule has 0 fully saturated rings. The van der Waals surface area contributed by atoms with Crippen LogP contribution in [0.5, 0.6) is 0 Å². The van der Waals surface area contributed by atoms with Gasteiger partial charge >= 0.3 is 0 Å². The molecule has 0 amide bonds. The fourth-order valence-electron chi connectivity index (χ4n) is 0.947. The SMILES string of the molecule is C=C(C)CCSc1ccccc1N. The van der Waals surface area contributed by atoms with Crippen LogP contribution in [0, 0.1) is 0 Å². The molecule has 0 aliphatic rings. The zero-order chi connectivity index (χ0) is 9.68. The van der Waals surface area contributed by atoms with Crippen LogP contribution in [-0.4, -0.2) is 5.75 Å². The number of para-hydroxylation sites is 1. The van der Waals surface area contributed by atoms with E-state index in [0.29, 0.717) is 0 Å². The number of benzene rings is 1. The molecule has 0 radical (unpaired) electrons. The van der Waals surface area contributed by atoms with E-state index in [4.69, 9.17) is 5.73 Å². The third-order valence-corrected chi connectivity index (χ3v) is 2.80. The lowest BCUT2D eigenvalue weighted by Crippen LogP contribution is -1.88. The van der Waals surface area contributed by atoms with Crippen molar-refractivity contribution in [2.75, 3.05) is 11.5 Å². The van der Waals surface area contributed by atoms with Crippen molar-refractivity contribution in [2.24, 2.45) is 0 Å². The molecule has 0 atom stereocenters. The largest absolute Gasteiger partial charge is 0.398 e. The van der Waals surface area contributed by atoms with E-state index < -0.39 is 0 Å². The molecule has 0 aliphatic heterocycles. The van der Waals surface area contributed by atoms with Crippen LogP contribution in [0.1, 0.15) is 13.3 Å². The predicted octanol–water partition coefficient (Wildman–Crippen LogP) is 3.33. The minimum absolute atomic E-state index is 0.870. The van der Waals surface area contributed by atoms with Crippen LogP contribution in [0.25, 0.3) is 0 Å². The maximum Gasteiger partial charge on any atom is 0.0452 e. The predicted molar refractivity (Wildman–Crippen MR) is 61.0 cm³/mol. The zero-order valence-electron chi connectivity index (χ0n) is 7.92. The van der Waals surface area contributed by atoms with E-state index in [1.165, 1.54) is 10.5 Å². The topological polar surface area (TPSA) is 26.0 Å². The molecule has 1 aromatic carbocycles. The summed E-state index contributed by atoms with van der Waals surface area (Å²) >= 11 is 1.79. The van der Waals surface area contributed by atoms with E-state index in [1.54, 1.807) is 11.8 Å². The third kappa shape index (κ3) is 3.55. The second-order valence-corrected chi connectivity index (χ2v) is 4.23. The molecule has 1 aromatic rings. The monoisotopic (exact) mass is 193 g/mol. The fraction of sp³-hybridized carbons (Fsp3) is 0.273. The first-order valence-electron chi connectivity index (χ1n) is 4.32. The number of hydrogen-bond donors (Lipinski definition) is 1. The highest BCUT2D eigenvalue weighted by Gasteiger charge is 1.97. The van der Waals surface area contributed by atoms with E-state index in [9.17, 15) is 0 Å². The Bertz CT molecular complexity index is 294. The van der Waals surface area contributed by atoms with E-state index in [1.807, 2.05) is 18.2 Å². The number of nitrogens with two attached hydrogens (primary N) is 1. The minimum Gasteiger partial charge on any atom is -0.398 e. The van der Waals surface area contributed by atoms with Crippen LogP contribution < -0.4 is 5.73 Å². The van der Waals surface area contributed by atoms with Crippen LogP contribution in [0.3, 0.4) is 0 Å². The molecule has 0 bridgehead atoms. The summed E-state index contributed by atoms with van der Waals surface area (Å²) in [6.45, 7) is 5.91. The van der Waals surface area contributed by atoms with Crippen molar-refractivity contribution in [3.63, 3.8) is 0 Å². The van der Waals surface area contributed by atoms with Gasteiger partial charge in [0.25, 0.3) is 0 Å². The Morgan fingerprint density at radius 1 is 1.46 bits per heavy atom. The Labute approximate surface area is 84.0 Å². The van der Waals surface area contributed by atoms with E-state index in [2.05, 4.69) is 19.6 Å². The van der Waals surface area contributed by atoms with Gasteiger partial charge in [0.05, 0.1) is 0 Å². The first-order chi connectivity index (χ1) is 6.20. The normalized spacial score (nSPS) is 9.92. The van der Waals surface area contributed by atoms with Crippen molar-refractivity contribution < 1.29 is 0 Å². The van der Waals surface area contributed by atoms with Crippen LogP contribution in [-0.2, 0) is 0 Å². The molecule has 2 N–H and O–H groups in total. The second kappa shape index (κ2) is 4.97. The van der Waals surface area contributed by atoms with Crippen molar-refractivity contribution in [1.29, 1.82) is 0 Å². The van der Waals surface area contributed by atoms with Gasteiger partial charge in [-0.05, 0) is 25.5 Å². The van der Waals surface area contributed by atoms with Crippen LogP contribution >= 0.6 is 11.8 Å². The summed E-state index contributed by atoms with van der Waals surface area (Å²) in [7, 11) is 0. The zero-order valence-corrected chi connectivity index (χ0v) is 8.73. The lowest BCUT2D eigenvalue weighted by Gasteiger charge is -2.04. The standard InChI is InChI=1S/C11H15NS/c1-9(2)7-8-13-11-6-4-3-5-10(11)12/h3-6H,1,7-8,12H2,2H3. The highest BCUT2D eigenvalue weighted by atomic mass is 32.2. The number of anilines is 1. The molecule has 1 rings (SSSR count). The summed E-state index contributed by atoms with van der Waals surface area (Å²) in [5, 5.41) is 0. The highest BCUT2D eigenvalue weighted by Crippen LogP contribution is 2.25. The smallest absolute Gasteiger partial charge is 0.0452 e. The van der Waals surface area contributed by atoms with Crippen molar-refractivity contribution in [1.82, 2.24) is 0 Å². The Hall–Kier alpha value is -0.890. The number of rotatable bonds is 4. The first kappa shape index (κ1) is 10.2. The summed E-state index contributed by atoms with van der Waals surface area (Å²) < 4.78 is 0. The number of nitrogen functional groups attached to an aromatic ring is 1. The van der Waals surface area contributed by atoms with E-state index >= 15 is 0 Å². The number of allylic oxidation sites excluding steroid dienone is 1. The molecular formula is C11H15NS. The summed E-state index contributed by atoms with van der Waals surface area (Å²) in [4.78, 5) is 1.17. The number of thioether (sulfide) groups is 1. The summed E-state index contributed by atoms with van der Waals surface area (Å²) in [5.74, 6) is 1.06. The van der Waals surface area contributed by atoms with Gasteiger partial charge in [-0.2, -0.15) is 0 Å². The Balaban J connectivity index is 2.45. The van der Waals surface area contributed by atoms with Gasteiger partial charge in [0, 0.05) is 16.3 Å². The molecule has 0 spiro atoms. The van der Waals surface area contributed by atoms with Gasteiger partial charge in [0.1, 0.15) is 0 Å². The van der Waals surface area contributed by atoms with Gasteiger partial charge < -0.3 is 5.73 Å². The summed E-state index contributed by atoms with van der Waals surface area (Å²) in [6.07, 6.45) is 1.05. The molecule has 0 unspecified atom stereocenters. The van der Waals surface area contributed by atoms with Crippen molar-refractivity contribution in [2.45, 2.75) is 18.2 Å². The first-order valence-corrected chi connectivity index (χ1v) is 5.30. The Morgan fingerprint density at radius 3 is 2.77 bits per heavy atom. The van der Waals surface area contributed by atoms with E-state index in [-0.39, 0.29) is 0 Å². The molecule has 70 valence electrons. The summed E-state index contributed by atoms with van der Waals surface area (Å²) in [6, 6.07) is 7.96. The van der Waals surface area contributed by atoms with Gasteiger partial charge in [-0.1, -0.05) is 17.7 Å². The average molecular weight is 193 g/mol.